The summed E-state index contributed by atoms with van der Waals surface area (Å²) in [5.41, 5.74) is 2.32. The zero-order chi connectivity index (χ0) is 23.7. The third-order valence-electron chi connectivity index (χ3n) is 5.10. The van der Waals surface area contributed by atoms with Gasteiger partial charge in [0.2, 0.25) is 21.7 Å². The lowest BCUT2D eigenvalue weighted by molar-refractivity contribution is 0.376. The molecule has 5 aromatic rings. The number of rotatable bonds is 7. The van der Waals surface area contributed by atoms with Gasteiger partial charge in [-0.3, -0.25) is 9.36 Å². The Kier molecular flexibility index (Phi) is 6.05. The van der Waals surface area contributed by atoms with Crippen LogP contribution in [-0.2, 0) is 23.1 Å². The largest absolute Gasteiger partial charge is 0.338 e. The number of hydrogen-bond acceptors (Lipinski definition) is 7. The van der Waals surface area contributed by atoms with E-state index in [1.165, 1.54) is 12.1 Å². The number of nitrogens with one attached hydrogen (secondary N) is 1. The standard InChI is InChI=1S/C23H17ClN4O4S2/c24-17-8-4-7-16(11-17)22-26-21(32-27-22)13-25-34(30,31)18-9-10-19-20(12-18)33-23(29)28(19)14-15-5-2-1-3-6-15/h1-12,25H,13-14H2. The second kappa shape index (κ2) is 9.15. The van der Waals surface area contributed by atoms with Gasteiger partial charge < -0.3 is 4.52 Å². The minimum Gasteiger partial charge on any atom is -0.338 e. The summed E-state index contributed by atoms with van der Waals surface area (Å²) in [7, 11) is -3.88. The smallest absolute Gasteiger partial charge is 0.308 e. The molecule has 2 heterocycles. The average molecular weight is 513 g/mol. The molecule has 0 aliphatic carbocycles. The van der Waals surface area contributed by atoms with Crippen molar-refractivity contribution >= 4 is 43.2 Å². The Bertz CT molecular complexity index is 1640. The highest BCUT2D eigenvalue weighted by molar-refractivity contribution is 7.89. The molecule has 0 radical (unpaired) electrons. The van der Waals surface area contributed by atoms with Crippen LogP contribution in [0.4, 0.5) is 0 Å². The molecule has 34 heavy (non-hydrogen) atoms. The number of thiazole rings is 1. The molecule has 0 unspecified atom stereocenters. The number of fused-ring (bicyclic) bond motifs is 1. The molecule has 0 saturated heterocycles. The summed E-state index contributed by atoms with van der Waals surface area (Å²) in [4.78, 5) is 16.6. The molecule has 0 spiro atoms. The van der Waals surface area contributed by atoms with E-state index in [0.717, 1.165) is 16.9 Å². The van der Waals surface area contributed by atoms with Crippen molar-refractivity contribution in [2.24, 2.45) is 0 Å². The van der Waals surface area contributed by atoms with Crippen LogP contribution in [0.5, 0.6) is 0 Å². The highest BCUT2D eigenvalue weighted by Gasteiger charge is 2.19. The lowest BCUT2D eigenvalue weighted by atomic mass is 10.2. The number of hydrogen-bond donors (Lipinski definition) is 1. The maximum absolute atomic E-state index is 12.9. The second-order valence-corrected chi connectivity index (χ2v) is 10.6. The zero-order valence-electron chi connectivity index (χ0n) is 17.5. The third kappa shape index (κ3) is 4.66. The first-order valence-electron chi connectivity index (χ1n) is 10.1. The van der Waals surface area contributed by atoms with Gasteiger partial charge in [0.25, 0.3) is 0 Å². The van der Waals surface area contributed by atoms with Crippen LogP contribution in [0.15, 0.2) is 87.0 Å². The van der Waals surface area contributed by atoms with Gasteiger partial charge in [-0.15, -0.1) is 0 Å². The lowest BCUT2D eigenvalue weighted by Crippen LogP contribution is -2.23. The molecular formula is C23H17ClN4O4S2. The molecule has 0 atom stereocenters. The molecule has 0 amide bonds. The number of aromatic nitrogens is 3. The van der Waals surface area contributed by atoms with Crippen LogP contribution < -0.4 is 9.60 Å². The van der Waals surface area contributed by atoms with E-state index in [1.807, 2.05) is 30.3 Å². The minimum atomic E-state index is -3.88. The van der Waals surface area contributed by atoms with Crippen molar-refractivity contribution < 1.29 is 12.9 Å². The van der Waals surface area contributed by atoms with Crippen LogP contribution >= 0.6 is 22.9 Å². The Morgan fingerprint density at radius 2 is 1.85 bits per heavy atom. The Balaban J connectivity index is 1.34. The Labute approximate surface area is 203 Å². The van der Waals surface area contributed by atoms with Gasteiger partial charge in [0.1, 0.15) is 0 Å². The highest BCUT2D eigenvalue weighted by atomic mass is 35.5. The first kappa shape index (κ1) is 22.5. The first-order chi connectivity index (χ1) is 16.4. The predicted molar refractivity (Wildman–Crippen MR) is 130 cm³/mol. The van der Waals surface area contributed by atoms with Crippen molar-refractivity contribution in [3.05, 3.63) is 98.9 Å². The van der Waals surface area contributed by atoms with Crippen molar-refractivity contribution in [3.63, 3.8) is 0 Å². The van der Waals surface area contributed by atoms with Crippen LogP contribution in [0.25, 0.3) is 21.6 Å². The molecule has 1 N–H and O–H groups in total. The van der Waals surface area contributed by atoms with Crippen LogP contribution in [0.3, 0.4) is 0 Å². The van der Waals surface area contributed by atoms with E-state index in [1.54, 1.807) is 34.9 Å². The normalized spacial score (nSPS) is 11.8. The lowest BCUT2D eigenvalue weighted by Gasteiger charge is -2.06. The molecule has 0 fully saturated rings. The molecule has 0 bridgehead atoms. The third-order valence-corrected chi connectivity index (χ3v) is 7.67. The average Bonchev–Trinajstić information content (AvgIpc) is 3.43. The van der Waals surface area contributed by atoms with E-state index in [4.69, 9.17) is 16.1 Å². The van der Waals surface area contributed by atoms with Crippen molar-refractivity contribution in [3.8, 4) is 11.4 Å². The monoisotopic (exact) mass is 512 g/mol. The molecule has 0 saturated carbocycles. The Morgan fingerprint density at radius 1 is 1.03 bits per heavy atom. The zero-order valence-corrected chi connectivity index (χ0v) is 19.9. The molecular weight excluding hydrogens is 496 g/mol. The maximum Gasteiger partial charge on any atom is 0.308 e. The summed E-state index contributed by atoms with van der Waals surface area (Å²) >= 11 is 6.99. The van der Waals surface area contributed by atoms with Crippen molar-refractivity contribution in [1.29, 1.82) is 0 Å². The molecule has 172 valence electrons. The summed E-state index contributed by atoms with van der Waals surface area (Å²) in [6, 6.07) is 21.2. The Morgan fingerprint density at radius 3 is 2.65 bits per heavy atom. The highest BCUT2D eigenvalue weighted by Crippen LogP contribution is 2.23. The molecule has 3 aromatic carbocycles. The molecule has 5 rings (SSSR count). The number of sulfonamides is 1. The van der Waals surface area contributed by atoms with Gasteiger partial charge in [0, 0.05) is 10.6 Å². The van der Waals surface area contributed by atoms with E-state index >= 15 is 0 Å². The molecule has 2 aromatic heterocycles. The van der Waals surface area contributed by atoms with Crippen LogP contribution in [0.2, 0.25) is 5.02 Å². The summed E-state index contributed by atoms with van der Waals surface area (Å²) < 4.78 is 35.6. The van der Waals surface area contributed by atoms with Crippen LogP contribution in [0.1, 0.15) is 11.5 Å². The van der Waals surface area contributed by atoms with Crippen molar-refractivity contribution in [2.75, 3.05) is 0 Å². The minimum absolute atomic E-state index is 0.0442. The van der Waals surface area contributed by atoms with Gasteiger partial charge in [-0.2, -0.15) is 4.98 Å². The van der Waals surface area contributed by atoms with Gasteiger partial charge in [-0.05, 0) is 35.9 Å². The fourth-order valence-corrected chi connectivity index (χ4v) is 5.64. The van der Waals surface area contributed by atoms with E-state index in [9.17, 15) is 13.2 Å². The molecule has 0 aliphatic heterocycles. The first-order valence-corrected chi connectivity index (χ1v) is 12.8. The summed E-state index contributed by atoms with van der Waals surface area (Å²) in [6.45, 7) is 0.231. The second-order valence-electron chi connectivity index (χ2n) is 7.42. The van der Waals surface area contributed by atoms with E-state index in [-0.39, 0.29) is 22.2 Å². The topological polar surface area (TPSA) is 107 Å². The van der Waals surface area contributed by atoms with Gasteiger partial charge in [-0.25, -0.2) is 13.1 Å². The molecule has 0 aliphatic rings. The fourth-order valence-electron chi connectivity index (χ4n) is 3.44. The van der Waals surface area contributed by atoms with Gasteiger partial charge in [-0.1, -0.05) is 70.6 Å². The van der Waals surface area contributed by atoms with Crippen molar-refractivity contribution in [1.82, 2.24) is 19.4 Å². The van der Waals surface area contributed by atoms with E-state index in [2.05, 4.69) is 14.9 Å². The summed E-state index contributed by atoms with van der Waals surface area (Å²) in [5.74, 6) is 0.418. The predicted octanol–water partition coefficient (Wildman–Crippen LogP) is 4.29. The van der Waals surface area contributed by atoms with E-state index in [0.29, 0.717) is 33.2 Å². The number of nitrogens with zero attached hydrogens (tertiary/aromatic N) is 3. The van der Waals surface area contributed by atoms with E-state index < -0.39 is 10.0 Å². The quantitative estimate of drug-likeness (QED) is 0.348. The number of benzene rings is 3. The van der Waals surface area contributed by atoms with Gasteiger partial charge in [0.15, 0.2) is 0 Å². The van der Waals surface area contributed by atoms with Crippen LogP contribution in [-0.4, -0.2) is 23.1 Å². The van der Waals surface area contributed by atoms with Gasteiger partial charge in [0.05, 0.1) is 28.2 Å². The maximum atomic E-state index is 12.9. The summed E-state index contributed by atoms with van der Waals surface area (Å²) in [5, 5.41) is 4.40. The molecule has 8 nitrogen and oxygen atoms in total. The fraction of sp³-hybridized carbons (Fsp3) is 0.0870. The van der Waals surface area contributed by atoms with Crippen molar-refractivity contribution in [2.45, 2.75) is 18.0 Å². The molecule has 11 heteroatoms. The summed E-state index contributed by atoms with van der Waals surface area (Å²) in [6.07, 6.45) is 0. The van der Waals surface area contributed by atoms with Crippen LogP contribution in [0, 0.1) is 0 Å². The Hall–Kier alpha value is -3.31. The van der Waals surface area contributed by atoms with Gasteiger partial charge >= 0.3 is 4.87 Å². The SMILES string of the molecule is O=c1sc2cc(S(=O)(=O)NCc3nc(-c4cccc(Cl)c4)no3)ccc2n1Cc1ccccc1. The number of halogens is 1.